The first-order valence-corrected chi connectivity index (χ1v) is 8.92. The lowest BCUT2D eigenvalue weighted by molar-refractivity contribution is -0.140. The van der Waals surface area contributed by atoms with Crippen molar-refractivity contribution in [1.82, 2.24) is 24.2 Å². The van der Waals surface area contributed by atoms with Crippen LogP contribution >= 0.6 is 0 Å². The number of likely N-dealkylation sites (tertiary alicyclic amines) is 1. The molecule has 0 radical (unpaired) electrons. The van der Waals surface area contributed by atoms with E-state index < -0.39 is 0 Å². The molecule has 0 unspecified atom stereocenters. The Labute approximate surface area is 148 Å². The quantitative estimate of drug-likeness (QED) is 0.717. The molecular formula is C18H27N5O2. The summed E-state index contributed by atoms with van der Waals surface area (Å²) in [6.45, 7) is 6.81. The minimum Gasteiger partial charge on any atom is -0.469 e. The van der Waals surface area contributed by atoms with Crippen molar-refractivity contribution in [3.05, 3.63) is 36.2 Å². The Hall–Kier alpha value is -2.15. The van der Waals surface area contributed by atoms with Crippen LogP contribution in [-0.2, 0) is 29.2 Å². The summed E-state index contributed by atoms with van der Waals surface area (Å²) in [5.74, 6) is 1.55. The molecule has 3 heterocycles. The number of esters is 1. The molecule has 1 aliphatic rings. The lowest BCUT2D eigenvalue weighted by Gasteiger charge is -2.32. The zero-order chi connectivity index (χ0) is 17.6. The summed E-state index contributed by atoms with van der Waals surface area (Å²) in [6, 6.07) is 0. The molecule has 1 fully saturated rings. The lowest BCUT2D eigenvalue weighted by atomic mass is 9.97. The van der Waals surface area contributed by atoms with E-state index in [1.807, 2.05) is 23.3 Å². The van der Waals surface area contributed by atoms with Gasteiger partial charge in [-0.25, -0.2) is 4.98 Å². The van der Waals surface area contributed by atoms with E-state index in [-0.39, 0.29) is 5.97 Å². The van der Waals surface area contributed by atoms with Crippen LogP contribution in [0.15, 0.2) is 24.8 Å². The number of carbonyl (C=O) groups is 1. The Morgan fingerprint density at radius 1 is 1.44 bits per heavy atom. The standard InChI is InChI=1S/C18H27N5O2/c1-15-19-6-9-22(15)13-16-4-3-7-21(11-16)12-17-10-20-23(14-17)8-5-18(24)25-2/h6,9-10,14,16H,3-5,7-8,11-13H2,1-2H3/t16-/m0/s1. The monoisotopic (exact) mass is 345 g/mol. The van der Waals surface area contributed by atoms with E-state index in [9.17, 15) is 4.79 Å². The maximum atomic E-state index is 11.2. The van der Waals surface area contributed by atoms with E-state index in [1.54, 1.807) is 0 Å². The maximum Gasteiger partial charge on any atom is 0.307 e. The molecule has 1 aliphatic heterocycles. The number of piperidine rings is 1. The maximum absolute atomic E-state index is 11.2. The summed E-state index contributed by atoms with van der Waals surface area (Å²) in [4.78, 5) is 18.0. The molecule has 7 heteroatoms. The van der Waals surface area contributed by atoms with Crippen molar-refractivity contribution in [2.75, 3.05) is 20.2 Å². The van der Waals surface area contributed by atoms with Gasteiger partial charge in [0.2, 0.25) is 0 Å². The molecular weight excluding hydrogens is 318 g/mol. The van der Waals surface area contributed by atoms with E-state index in [4.69, 9.17) is 0 Å². The minimum atomic E-state index is -0.203. The third-order valence-corrected chi connectivity index (χ3v) is 4.85. The number of methoxy groups -OCH3 is 1. The minimum absolute atomic E-state index is 0.203. The van der Waals surface area contributed by atoms with Gasteiger partial charge in [-0.05, 0) is 32.2 Å². The normalized spacial score (nSPS) is 18.4. The number of nitrogens with zero attached hydrogens (tertiary/aromatic N) is 5. The average Bonchev–Trinajstić information content (AvgIpc) is 3.22. The van der Waals surface area contributed by atoms with Gasteiger partial charge in [-0.15, -0.1) is 0 Å². The number of aromatic nitrogens is 4. The van der Waals surface area contributed by atoms with Gasteiger partial charge in [-0.2, -0.15) is 5.10 Å². The second-order valence-corrected chi connectivity index (χ2v) is 6.81. The van der Waals surface area contributed by atoms with Crippen LogP contribution in [0.3, 0.4) is 0 Å². The van der Waals surface area contributed by atoms with Crippen molar-refractivity contribution in [2.24, 2.45) is 5.92 Å². The first-order valence-electron chi connectivity index (χ1n) is 8.92. The van der Waals surface area contributed by atoms with Gasteiger partial charge in [0.25, 0.3) is 0 Å². The Balaban J connectivity index is 1.50. The molecule has 0 bridgehead atoms. The highest BCUT2D eigenvalue weighted by molar-refractivity contribution is 5.68. The predicted octanol–water partition coefficient (Wildman–Crippen LogP) is 1.86. The average molecular weight is 345 g/mol. The van der Waals surface area contributed by atoms with Crippen molar-refractivity contribution < 1.29 is 9.53 Å². The molecule has 2 aromatic rings. The van der Waals surface area contributed by atoms with Gasteiger partial charge in [-0.1, -0.05) is 0 Å². The molecule has 0 aliphatic carbocycles. The van der Waals surface area contributed by atoms with E-state index in [1.165, 1.54) is 25.5 Å². The number of hydrogen-bond donors (Lipinski definition) is 0. The molecule has 1 atom stereocenters. The van der Waals surface area contributed by atoms with Gasteiger partial charge in [0, 0.05) is 43.8 Å². The number of hydrogen-bond acceptors (Lipinski definition) is 5. The van der Waals surface area contributed by atoms with Gasteiger partial charge in [0.15, 0.2) is 0 Å². The third kappa shape index (κ3) is 4.92. The molecule has 25 heavy (non-hydrogen) atoms. The highest BCUT2D eigenvalue weighted by atomic mass is 16.5. The Morgan fingerprint density at radius 3 is 3.08 bits per heavy atom. The zero-order valence-electron chi connectivity index (χ0n) is 15.1. The van der Waals surface area contributed by atoms with Crippen molar-refractivity contribution >= 4 is 5.97 Å². The van der Waals surface area contributed by atoms with Crippen LogP contribution in [0.5, 0.6) is 0 Å². The molecule has 3 rings (SSSR count). The van der Waals surface area contributed by atoms with Crippen LogP contribution < -0.4 is 0 Å². The fourth-order valence-corrected chi connectivity index (χ4v) is 3.50. The first kappa shape index (κ1) is 17.7. The second kappa shape index (κ2) is 8.29. The molecule has 2 aromatic heterocycles. The van der Waals surface area contributed by atoms with E-state index in [2.05, 4.69) is 37.4 Å². The van der Waals surface area contributed by atoms with E-state index in [0.29, 0.717) is 18.9 Å². The van der Waals surface area contributed by atoms with Crippen molar-refractivity contribution in [3.8, 4) is 0 Å². The smallest absolute Gasteiger partial charge is 0.307 e. The first-order chi connectivity index (χ1) is 12.1. The summed E-state index contributed by atoms with van der Waals surface area (Å²) in [7, 11) is 1.41. The highest BCUT2D eigenvalue weighted by Gasteiger charge is 2.21. The largest absolute Gasteiger partial charge is 0.469 e. The van der Waals surface area contributed by atoms with Crippen LogP contribution in [0.2, 0.25) is 0 Å². The van der Waals surface area contributed by atoms with Gasteiger partial charge in [-0.3, -0.25) is 14.4 Å². The van der Waals surface area contributed by atoms with E-state index in [0.717, 1.165) is 32.0 Å². The van der Waals surface area contributed by atoms with Crippen LogP contribution in [0.4, 0.5) is 0 Å². The summed E-state index contributed by atoms with van der Waals surface area (Å²) < 4.78 is 8.74. The third-order valence-electron chi connectivity index (χ3n) is 4.85. The van der Waals surface area contributed by atoms with E-state index >= 15 is 0 Å². The summed E-state index contributed by atoms with van der Waals surface area (Å²) in [5, 5.41) is 4.35. The summed E-state index contributed by atoms with van der Waals surface area (Å²) in [6.07, 6.45) is 10.7. The molecule has 0 aromatic carbocycles. The van der Waals surface area contributed by atoms with Crippen molar-refractivity contribution in [2.45, 2.75) is 45.8 Å². The summed E-state index contributed by atoms with van der Waals surface area (Å²) in [5.41, 5.74) is 1.20. The van der Waals surface area contributed by atoms with Crippen LogP contribution in [0.1, 0.15) is 30.7 Å². The zero-order valence-corrected chi connectivity index (χ0v) is 15.1. The molecule has 136 valence electrons. The fourth-order valence-electron chi connectivity index (χ4n) is 3.50. The Morgan fingerprint density at radius 2 is 2.32 bits per heavy atom. The molecule has 1 saturated heterocycles. The topological polar surface area (TPSA) is 65.2 Å². The second-order valence-electron chi connectivity index (χ2n) is 6.81. The highest BCUT2D eigenvalue weighted by Crippen LogP contribution is 2.20. The van der Waals surface area contributed by atoms with Gasteiger partial charge in [0.1, 0.15) is 5.82 Å². The molecule has 0 N–H and O–H groups in total. The SMILES string of the molecule is COC(=O)CCn1cc(CN2CCC[C@H](Cn3ccnc3C)C2)cn1. The fraction of sp³-hybridized carbons (Fsp3) is 0.611. The predicted molar refractivity (Wildman–Crippen MR) is 93.8 cm³/mol. The number of rotatable bonds is 7. The van der Waals surface area contributed by atoms with Crippen LogP contribution in [0.25, 0.3) is 0 Å². The van der Waals surface area contributed by atoms with Crippen LogP contribution in [-0.4, -0.2) is 50.4 Å². The Bertz CT molecular complexity index is 693. The van der Waals surface area contributed by atoms with Crippen molar-refractivity contribution in [3.63, 3.8) is 0 Å². The van der Waals surface area contributed by atoms with Gasteiger partial charge >= 0.3 is 5.97 Å². The van der Waals surface area contributed by atoms with Crippen LogP contribution in [0, 0.1) is 12.8 Å². The number of ether oxygens (including phenoxy) is 1. The van der Waals surface area contributed by atoms with Gasteiger partial charge < -0.3 is 9.30 Å². The lowest BCUT2D eigenvalue weighted by Crippen LogP contribution is -2.36. The number of imidazole rings is 1. The molecule has 0 spiro atoms. The Kier molecular flexibility index (Phi) is 5.86. The summed E-state index contributed by atoms with van der Waals surface area (Å²) >= 11 is 0. The molecule has 7 nitrogen and oxygen atoms in total. The van der Waals surface area contributed by atoms with Crippen molar-refractivity contribution in [1.29, 1.82) is 0 Å². The molecule has 0 saturated carbocycles. The molecule has 0 amide bonds. The number of aryl methyl sites for hydroxylation is 2. The number of carbonyl (C=O) groups excluding carboxylic acids is 1. The van der Waals surface area contributed by atoms with Gasteiger partial charge in [0.05, 0.1) is 26.3 Å².